The number of unbranched alkanes of at least 4 members (excludes halogenated alkanes) is 7. The summed E-state index contributed by atoms with van der Waals surface area (Å²) in [6, 6.07) is 0. The molecule has 0 saturated heterocycles. The van der Waals surface area contributed by atoms with Crippen molar-refractivity contribution >= 4 is 0 Å². The van der Waals surface area contributed by atoms with Crippen LogP contribution in [0.1, 0.15) is 64.7 Å². The highest BCUT2D eigenvalue weighted by Gasteiger charge is 2.20. The van der Waals surface area contributed by atoms with E-state index in [4.69, 9.17) is 10.2 Å². The van der Waals surface area contributed by atoms with Gasteiger partial charge in [0.2, 0.25) is 0 Å². The molecule has 0 aromatic rings. The van der Waals surface area contributed by atoms with Gasteiger partial charge in [-0.15, -0.1) is 0 Å². The van der Waals surface area contributed by atoms with Gasteiger partial charge < -0.3 is 25.2 Å². The van der Waals surface area contributed by atoms with Crippen molar-refractivity contribution in [3.63, 3.8) is 0 Å². The van der Waals surface area contributed by atoms with Crippen LogP contribution in [-0.2, 0) is 0 Å². The van der Waals surface area contributed by atoms with E-state index in [2.05, 4.69) is 6.92 Å². The number of quaternary nitrogens is 1. The monoisotopic (exact) mass is 305 g/mol. The van der Waals surface area contributed by atoms with Gasteiger partial charge in [-0.1, -0.05) is 58.3 Å². The smallest absolute Gasteiger partial charge is 0.105 e. The summed E-state index contributed by atoms with van der Waals surface area (Å²) in [5.41, 5.74) is 0. The van der Waals surface area contributed by atoms with Crippen LogP contribution in [0.4, 0.5) is 0 Å². The Labute approximate surface area is 129 Å². The van der Waals surface area contributed by atoms with Crippen molar-refractivity contribution in [2.45, 2.75) is 70.8 Å². The summed E-state index contributed by atoms with van der Waals surface area (Å²) in [5.74, 6) is 0. The molecule has 0 aromatic heterocycles. The van der Waals surface area contributed by atoms with Gasteiger partial charge in [0.25, 0.3) is 0 Å². The second-order valence-corrected chi connectivity index (χ2v) is 6.05. The first-order valence-electron chi connectivity index (χ1n) is 8.55. The number of hydrogen-bond donors (Lipinski definition) is 3. The normalized spacial score (nSPS) is 13.6. The fraction of sp³-hybridized carbons (Fsp3) is 1.00. The number of hydrogen-bond acceptors (Lipinski definition) is 4. The van der Waals surface area contributed by atoms with E-state index in [1.165, 1.54) is 38.5 Å². The maximum Gasteiger partial charge on any atom is 0.105 e. The minimum atomic E-state index is -0.703. The molecule has 21 heavy (non-hydrogen) atoms. The van der Waals surface area contributed by atoms with E-state index >= 15 is 0 Å². The van der Waals surface area contributed by atoms with Crippen LogP contribution in [0.5, 0.6) is 0 Å². The van der Waals surface area contributed by atoms with E-state index in [1.807, 2.05) is 0 Å². The van der Waals surface area contributed by atoms with Crippen molar-refractivity contribution < 1.29 is 20.0 Å². The summed E-state index contributed by atoms with van der Waals surface area (Å²) in [5, 5.41) is 39.9. The number of hydroxylamine groups is 3. The zero-order chi connectivity index (χ0) is 16.0. The van der Waals surface area contributed by atoms with Crippen molar-refractivity contribution in [2.75, 3.05) is 32.8 Å². The number of aliphatic hydroxyl groups is 3. The van der Waals surface area contributed by atoms with Crippen LogP contribution in [-0.4, -0.2) is 58.9 Å². The largest absolute Gasteiger partial charge is 0.633 e. The number of rotatable bonds is 15. The van der Waals surface area contributed by atoms with E-state index in [9.17, 15) is 10.3 Å². The van der Waals surface area contributed by atoms with Crippen molar-refractivity contribution in [1.82, 2.24) is 0 Å². The van der Waals surface area contributed by atoms with Crippen molar-refractivity contribution in [3.8, 4) is 0 Å². The fourth-order valence-electron chi connectivity index (χ4n) is 2.65. The summed E-state index contributed by atoms with van der Waals surface area (Å²) in [7, 11) is 0. The van der Waals surface area contributed by atoms with Gasteiger partial charge in [-0.3, -0.25) is 0 Å². The van der Waals surface area contributed by atoms with Crippen molar-refractivity contribution in [2.24, 2.45) is 0 Å². The standard InChI is InChI=1S/C16H35NO4/c1-2-3-4-5-6-7-8-9-10-16(20)15-17(21,11-13-18)12-14-19/h16,18-20H,2-15H2,1H3. The molecule has 5 nitrogen and oxygen atoms in total. The minimum absolute atomic E-state index is 0.0368. The second kappa shape index (κ2) is 13.5. The highest BCUT2D eigenvalue weighted by atomic mass is 16.6. The van der Waals surface area contributed by atoms with E-state index in [1.54, 1.807) is 0 Å². The lowest BCUT2D eigenvalue weighted by molar-refractivity contribution is -0.884. The summed E-state index contributed by atoms with van der Waals surface area (Å²) in [4.78, 5) is 0. The van der Waals surface area contributed by atoms with Gasteiger partial charge in [0.05, 0.1) is 13.2 Å². The minimum Gasteiger partial charge on any atom is -0.633 e. The van der Waals surface area contributed by atoms with Crippen LogP contribution in [0.15, 0.2) is 0 Å². The molecule has 3 N–H and O–H groups in total. The molecule has 0 saturated carbocycles. The van der Waals surface area contributed by atoms with Crippen LogP contribution in [0.25, 0.3) is 0 Å². The molecule has 1 atom stereocenters. The van der Waals surface area contributed by atoms with Gasteiger partial charge >= 0.3 is 0 Å². The maximum absolute atomic E-state index is 12.2. The Kier molecular flexibility index (Phi) is 13.3. The highest BCUT2D eigenvalue weighted by Crippen LogP contribution is 2.13. The molecule has 128 valence electrons. The molecule has 0 heterocycles. The van der Waals surface area contributed by atoms with Crippen LogP contribution < -0.4 is 0 Å². The zero-order valence-electron chi connectivity index (χ0n) is 13.7. The van der Waals surface area contributed by atoms with Gasteiger partial charge in [-0.05, 0) is 6.42 Å². The van der Waals surface area contributed by atoms with Crippen LogP contribution in [0.3, 0.4) is 0 Å². The molecular weight excluding hydrogens is 270 g/mol. The molecule has 0 rings (SSSR count). The third-order valence-corrected chi connectivity index (χ3v) is 3.95. The van der Waals surface area contributed by atoms with E-state index < -0.39 is 10.8 Å². The van der Waals surface area contributed by atoms with E-state index in [0.717, 1.165) is 12.8 Å². The topological polar surface area (TPSA) is 83.8 Å². The van der Waals surface area contributed by atoms with E-state index in [-0.39, 0.29) is 32.8 Å². The Morgan fingerprint density at radius 1 is 0.857 bits per heavy atom. The molecule has 0 aliphatic rings. The second-order valence-electron chi connectivity index (χ2n) is 6.05. The van der Waals surface area contributed by atoms with Crippen LogP contribution in [0.2, 0.25) is 0 Å². The Morgan fingerprint density at radius 2 is 1.33 bits per heavy atom. The predicted molar refractivity (Wildman–Crippen MR) is 85.6 cm³/mol. The maximum atomic E-state index is 12.2. The fourth-order valence-corrected chi connectivity index (χ4v) is 2.65. The number of aliphatic hydroxyl groups excluding tert-OH is 3. The Hall–Kier alpha value is -0.200. The number of nitrogens with zero attached hydrogens (tertiary/aromatic N) is 1. The molecule has 0 aromatic carbocycles. The zero-order valence-corrected chi connectivity index (χ0v) is 13.7. The van der Waals surface area contributed by atoms with Crippen molar-refractivity contribution in [3.05, 3.63) is 5.21 Å². The molecule has 0 aliphatic heterocycles. The molecule has 0 aliphatic carbocycles. The molecular formula is C16H35NO4. The predicted octanol–water partition coefficient (Wildman–Crippen LogP) is 2.18. The van der Waals surface area contributed by atoms with Crippen LogP contribution in [0, 0.1) is 5.21 Å². The Balaban J connectivity index is 3.66. The average molecular weight is 305 g/mol. The first-order chi connectivity index (χ1) is 10.1. The molecule has 1 unspecified atom stereocenters. The molecule has 0 radical (unpaired) electrons. The first kappa shape index (κ1) is 20.8. The Bertz CT molecular complexity index is 220. The molecule has 0 fully saturated rings. The third kappa shape index (κ3) is 12.1. The summed E-state index contributed by atoms with van der Waals surface area (Å²) >= 11 is 0. The Morgan fingerprint density at radius 3 is 1.81 bits per heavy atom. The third-order valence-electron chi connectivity index (χ3n) is 3.95. The lowest BCUT2D eigenvalue weighted by Crippen LogP contribution is -2.50. The summed E-state index contributed by atoms with van der Waals surface area (Å²) in [6.45, 7) is 1.92. The molecule has 0 spiro atoms. The van der Waals surface area contributed by atoms with Crippen LogP contribution >= 0.6 is 0 Å². The van der Waals surface area contributed by atoms with Gasteiger partial charge in [0.1, 0.15) is 25.7 Å². The van der Waals surface area contributed by atoms with Gasteiger partial charge in [0, 0.05) is 0 Å². The summed E-state index contributed by atoms with van der Waals surface area (Å²) in [6.07, 6.45) is 9.68. The highest BCUT2D eigenvalue weighted by molar-refractivity contribution is 4.58. The molecule has 0 amide bonds. The average Bonchev–Trinajstić information content (AvgIpc) is 2.42. The SMILES string of the molecule is CCCCCCCCCCC(O)C[N+]([O-])(CCO)CCO. The lowest BCUT2D eigenvalue weighted by atomic mass is 10.1. The quantitative estimate of drug-likeness (QED) is 0.246. The summed E-state index contributed by atoms with van der Waals surface area (Å²) < 4.78 is -0.703. The van der Waals surface area contributed by atoms with Crippen molar-refractivity contribution in [1.29, 1.82) is 0 Å². The van der Waals surface area contributed by atoms with Gasteiger partial charge in [-0.25, -0.2) is 0 Å². The lowest BCUT2D eigenvalue weighted by Gasteiger charge is -2.43. The van der Waals surface area contributed by atoms with Gasteiger partial charge in [0.15, 0.2) is 0 Å². The molecule has 5 heteroatoms. The van der Waals surface area contributed by atoms with E-state index in [0.29, 0.717) is 6.42 Å². The first-order valence-corrected chi connectivity index (χ1v) is 8.55. The van der Waals surface area contributed by atoms with Gasteiger partial charge in [-0.2, -0.15) is 0 Å². The molecule has 0 bridgehead atoms.